The summed E-state index contributed by atoms with van der Waals surface area (Å²) in [5, 5.41) is 0.700. The molecule has 0 aliphatic rings. The van der Waals surface area contributed by atoms with Gasteiger partial charge in [-0.15, -0.1) is 8.58 Å². The number of unbranched alkanes of at least 4 members (excludes halogenated alkanes) is 2. The Hall–Kier alpha value is 0.495. The molecule has 0 aliphatic heterocycles. The summed E-state index contributed by atoms with van der Waals surface area (Å²) in [4.78, 5) is 0. The van der Waals surface area contributed by atoms with Crippen LogP contribution in [-0.2, 0) is 0 Å². The van der Waals surface area contributed by atoms with Gasteiger partial charge in [-0.05, 0) is 31.1 Å². The Balaban J connectivity index is 3.91. The SMILES string of the molecule is BC(CC)CCCCC(CC)(CCCC)PC. The topological polar surface area (TPSA) is 0 Å². The summed E-state index contributed by atoms with van der Waals surface area (Å²) < 4.78 is 0. The third kappa shape index (κ3) is 7.50. The van der Waals surface area contributed by atoms with Crippen molar-refractivity contribution >= 4 is 16.4 Å². The summed E-state index contributed by atoms with van der Waals surface area (Å²) in [5.74, 6) is 0.936. The molecule has 0 radical (unpaired) electrons. The van der Waals surface area contributed by atoms with Gasteiger partial charge in [0.15, 0.2) is 0 Å². The van der Waals surface area contributed by atoms with Crippen LogP contribution in [0, 0.1) is 0 Å². The van der Waals surface area contributed by atoms with Gasteiger partial charge in [0.1, 0.15) is 7.85 Å². The fourth-order valence-corrected chi connectivity index (χ4v) is 3.79. The lowest BCUT2D eigenvalue weighted by molar-refractivity contribution is 0.438. The highest BCUT2D eigenvalue weighted by Gasteiger charge is 2.24. The Morgan fingerprint density at radius 2 is 1.71 bits per heavy atom. The zero-order valence-corrected chi connectivity index (χ0v) is 13.9. The molecular formula is C15H34BP. The van der Waals surface area contributed by atoms with Gasteiger partial charge in [-0.3, -0.25) is 0 Å². The summed E-state index contributed by atoms with van der Waals surface area (Å²) in [6.45, 7) is 9.46. The van der Waals surface area contributed by atoms with E-state index in [-0.39, 0.29) is 0 Å². The molecule has 0 fully saturated rings. The minimum Gasteiger partial charge on any atom is -0.119 e. The molecule has 0 rings (SSSR count). The first-order valence-corrected chi connectivity index (χ1v) is 9.33. The molecule has 0 spiro atoms. The van der Waals surface area contributed by atoms with Crippen LogP contribution in [0.25, 0.3) is 0 Å². The van der Waals surface area contributed by atoms with Crippen molar-refractivity contribution in [1.82, 2.24) is 0 Å². The van der Waals surface area contributed by atoms with Crippen LogP contribution in [0.4, 0.5) is 0 Å². The monoisotopic (exact) mass is 256 g/mol. The van der Waals surface area contributed by atoms with Crippen molar-refractivity contribution in [1.29, 1.82) is 0 Å². The molecule has 0 heterocycles. The number of rotatable bonds is 11. The predicted octanol–water partition coefficient (Wildman–Crippen LogP) is 5.03. The van der Waals surface area contributed by atoms with Crippen molar-refractivity contribution in [3.8, 4) is 0 Å². The second kappa shape index (κ2) is 10.4. The first-order valence-electron chi connectivity index (χ1n) is 7.83. The van der Waals surface area contributed by atoms with Crippen LogP contribution in [0.15, 0.2) is 0 Å². The average molecular weight is 256 g/mol. The predicted molar refractivity (Wildman–Crippen MR) is 87.8 cm³/mol. The van der Waals surface area contributed by atoms with Crippen LogP contribution in [0.5, 0.6) is 0 Å². The minimum atomic E-state index is 0.700. The van der Waals surface area contributed by atoms with E-state index in [9.17, 15) is 0 Å². The van der Waals surface area contributed by atoms with Gasteiger partial charge in [-0.25, -0.2) is 0 Å². The summed E-state index contributed by atoms with van der Waals surface area (Å²) in [6, 6.07) is 0. The van der Waals surface area contributed by atoms with E-state index >= 15 is 0 Å². The highest BCUT2D eigenvalue weighted by atomic mass is 31.1. The maximum absolute atomic E-state index is 2.42. The van der Waals surface area contributed by atoms with E-state index in [1.54, 1.807) is 0 Å². The molecule has 2 heteroatoms. The van der Waals surface area contributed by atoms with Crippen LogP contribution in [0.2, 0.25) is 5.82 Å². The highest BCUT2D eigenvalue weighted by Crippen LogP contribution is 2.41. The second-order valence-corrected chi connectivity index (χ2v) is 7.31. The quantitative estimate of drug-likeness (QED) is 0.276. The van der Waals surface area contributed by atoms with Crippen molar-refractivity contribution in [2.24, 2.45) is 0 Å². The minimum absolute atomic E-state index is 0.700. The van der Waals surface area contributed by atoms with Crippen molar-refractivity contribution in [2.75, 3.05) is 6.66 Å². The van der Waals surface area contributed by atoms with E-state index in [1.165, 1.54) is 57.8 Å². The third-order valence-corrected chi connectivity index (χ3v) is 6.43. The van der Waals surface area contributed by atoms with Crippen LogP contribution in [0.3, 0.4) is 0 Å². The summed E-state index contributed by atoms with van der Waals surface area (Å²) in [6.07, 6.45) is 12.8. The van der Waals surface area contributed by atoms with Crippen molar-refractivity contribution in [2.45, 2.75) is 89.5 Å². The van der Waals surface area contributed by atoms with E-state index in [2.05, 4.69) is 35.3 Å². The zero-order chi connectivity index (χ0) is 13.1. The van der Waals surface area contributed by atoms with Gasteiger partial charge in [-0.1, -0.05) is 65.1 Å². The molecule has 0 saturated carbocycles. The Labute approximate surface area is 113 Å². The maximum Gasteiger partial charge on any atom is 0.105 e. The molecule has 17 heavy (non-hydrogen) atoms. The Morgan fingerprint density at radius 1 is 1.06 bits per heavy atom. The van der Waals surface area contributed by atoms with Gasteiger partial charge in [0.25, 0.3) is 0 Å². The number of hydrogen-bond donors (Lipinski definition) is 0. The van der Waals surface area contributed by atoms with Crippen LogP contribution >= 0.6 is 8.58 Å². The lowest BCUT2D eigenvalue weighted by Gasteiger charge is -2.32. The molecule has 0 bridgehead atoms. The van der Waals surface area contributed by atoms with Gasteiger partial charge in [0.2, 0.25) is 0 Å². The van der Waals surface area contributed by atoms with Gasteiger partial charge >= 0.3 is 0 Å². The van der Waals surface area contributed by atoms with Gasteiger partial charge in [0, 0.05) is 0 Å². The van der Waals surface area contributed by atoms with Crippen molar-refractivity contribution in [3.05, 3.63) is 0 Å². The van der Waals surface area contributed by atoms with Crippen LogP contribution < -0.4 is 0 Å². The van der Waals surface area contributed by atoms with E-state index in [4.69, 9.17) is 0 Å². The highest BCUT2D eigenvalue weighted by molar-refractivity contribution is 7.39. The molecule has 0 N–H and O–H groups in total. The van der Waals surface area contributed by atoms with Crippen LogP contribution in [0.1, 0.15) is 78.6 Å². The fraction of sp³-hybridized carbons (Fsp3) is 1.00. The molecule has 0 saturated heterocycles. The van der Waals surface area contributed by atoms with E-state index in [0.29, 0.717) is 5.16 Å². The Morgan fingerprint density at radius 3 is 2.18 bits per heavy atom. The normalized spacial score (nSPS) is 17.4. The summed E-state index contributed by atoms with van der Waals surface area (Å²) in [5.41, 5.74) is 0. The third-order valence-electron chi connectivity index (χ3n) is 4.52. The summed E-state index contributed by atoms with van der Waals surface area (Å²) >= 11 is 0. The zero-order valence-electron chi connectivity index (χ0n) is 12.9. The van der Waals surface area contributed by atoms with Crippen molar-refractivity contribution < 1.29 is 0 Å². The number of hydrogen-bond acceptors (Lipinski definition) is 0. The summed E-state index contributed by atoms with van der Waals surface area (Å²) in [7, 11) is 3.53. The molecule has 0 nitrogen and oxygen atoms in total. The van der Waals surface area contributed by atoms with Gasteiger partial charge in [-0.2, -0.15) is 0 Å². The molecule has 3 atom stereocenters. The molecule has 3 unspecified atom stereocenters. The first-order chi connectivity index (χ1) is 8.14. The maximum atomic E-state index is 2.42. The molecule has 0 aromatic carbocycles. The average Bonchev–Trinajstić information content (AvgIpc) is 2.38. The fourth-order valence-electron chi connectivity index (χ4n) is 2.58. The van der Waals surface area contributed by atoms with E-state index in [0.717, 1.165) is 14.4 Å². The largest absolute Gasteiger partial charge is 0.119 e. The standard InChI is InChI=1S/C15H34BP/c1-5-8-12-15(7-3,17-4)13-10-9-11-14(16)6-2/h14,17H,5-13,16H2,1-4H3. The Bertz CT molecular complexity index is 166. The lowest BCUT2D eigenvalue weighted by atomic mass is 9.80. The molecule has 102 valence electrons. The van der Waals surface area contributed by atoms with Crippen molar-refractivity contribution in [3.63, 3.8) is 0 Å². The molecular weight excluding hydrogens is 222 g/mol. The van der Waals surface area contributed by atoms with Gasteiger partial charge < -0.3 is 0 Å². The van der Waals surface area contributed by atoms with Gasteiger partial charge in [0.05, 0.1) is 0 Å². The smallest absolute Gasteiger partial charge is 0.105 e. The molecule has 0 aliphatic carbocycles. The van der Waals surface area contributed by atoms with Crippen LogP contribution in [-0.4, -0.2) is 19.7 Å². The Kier molecular flexibility index (Phi) is 10.7. The second-order valence-electron chi connectivity index (χ2n) is 5.75. The first kappa shape index (κ1) is 17.5. The molecule has 0 aromatic heterocycles. The van der Waals surface area contributed by atoms with E-state index < -0.39 is 0 Å². The molecule has 0 aromatic rings. The lowest BCUT2D eigenvalue weighted by Crippen LogP contribution is -2.21. The van der Waals surface area contributed by atoms with E-state index in [1.807, 2.05) is 0 Å². The molecule has 0 amide bonds.